The molecule has 1 amide bonds. The lowest BCUT2D eigenvalue weighted by Crippen LogP contribution is -2.32. The Bertz CT molecular complexity index is 922. The van der Waals surface area contributed by atoms with Gasteiger partial charge in [0.2, 0.25) is 0 Å². The Balaban J connectivity index is 1.58. The summed E-state index contributed by atoms with van der Waals surface area (Å²) in [6.45, 7) is 2.94. The summed E-state index contributed by atoms with van der Waals surface area (Å²) in [5.74, 6) is 1.00. The predicted octanol–water partition coefficient (Wildman–Crippen LogP) is 3.21. The van der Waals surface area contributed by atoms with Crippen molar-refractivity contribution in [3.8, 4) is 0 Å². The summed E-state index contributed by atoms with van der Waals surface area (Å²) >= 11 is 1.59. The van der Waals surface area contributed by atoms with Gasteiger partial charge in [0.25, 0.3) is 5.91 Å². The largest absolute Gasteiger partial charge is 0.383 e. The molecule has 1 saturated heterocycles. The van der Waals surface area contributed by atoms with Gasteiger partial charge in [-0.3, -0.25) is 9.69 Å². The zero-order chi connectivity index (χ0) is 19.3. The van der Waals surface area contributed by atoms with Crippen LogP contribution in [0.15, 0.2) is 36.7 Å². The van der Waals surface area contributed by atoms with Gasteiger partial charge in [0.15, 0.2) is 0 Å². The molecule has 3 aromatic rings. The number of nitrogens with one attached hydrogen (secondary N) is 2. The summed E-state index contributed by atoms with van der Waals surface area (Å²) in [5, 5.41) is 4.19. The topological polar surface area (TPSA) is 70.2 Å². The SMILES string of the molecule is COCCNC(=O)c1sc2ccccc2c1CC1CCCN1Cc1ncc[nH]1. The van der Waals surface area contributed by atoms with Gasteiger partial charge in [-0.2, -0.15) is 0 Å². The quantitative estimate of drug-likeness (QED) is 0.572. The number of aromatic nitrogens is 2. The number of hydrogen-bond donors (Lipinski definition) is 2. The van der Waals surface area contributed by atoms with Gasteiger partial charge in [-0.05, 0) is 42.8 Å². The predicted molar refractivity (Wildman–Crippen MR) is 112 cm³/mol. The number of carbonyl (C=O) groups excluding carboxylic acids is 1. The molecule has 6 nitrogen and oxygen atoms in total. The first-order valence-corrected chi connectivity index (χ1v) is 10.6. The van der Waals surface area contributed by atoms with Crippen molar-refractivity contribution in [3.05, 3.63) is 52.9 Å². The monoisotopic (exact) mass is 398 g/mol. The Morgan fingerprint density at radius 3 is 3.14 bits per heavy atom. The summed E-state index contributed by atoms with van der Waals surface area (Å²) in [4.78, 5) is 23.7. The molecular weight excluding hydrogens is 372 g/mol. The zero-order valence-electron chi connectivity index (χ0n) is 16.1. The minimum atomic E-state index is 0.00355. The first-order valence-electron chi connectivity index (χ1n) is 9.76. The number of nitrogens with zero attached hydrogens (tertiary/aromatic N) is 2. The first kappa shape index (κ1) is 19.1. The van der Waals surface area contributed by atoms with Crippen LogP contribution in [0, 0.1) is 0 Å². The lowest BCUT2D eigenvalue weighted by atomic mass is 10.0. The molecule has 1 aliphatic rings. The third kappa shape index (κ3) is 4.11. The molecule has 3 heterocycles. The van der Waals surface area contributed by atoms with Gasteiger partial charge in [-0.1, -0.05) is 18.2 Å². The summed E-state index contributed by atoms with van der Waals surface area (Å²) in [6, 6.07) is 8.76. The first-order chi connectivity index (χ1) is 13.8. The summed E-state index contributed by atoms with van der Waals surface area (Å²) < 4.78 is 6.23. The number of carbonyl (C=O) groups is 1. The number of likely N-dealkylation sites (tertiary alicyclic amines) is 1. The molecule has 1 aromatic carbocycles. The van der Waals surface area contributed by atoms with E-state index < -0.39 is 0 Å². The number of hydrogen-bond acceptors (Lipinski definition) is 5. The van der Waals surface area contributed by atoms with E-state index in [1.165, 1.54) is 22.1 Å². The van der Waals surface area contributed by atoms with Crippen molar-refractivity contribution < 1.29 is 9.53 Å². The second kappa shape index (κ2) is 8.86. The van der Waals surface area contributed by atoms with E-state index in [0.717, 1.165) is 36.6 Å². The molecule has 4 rings (SSSR count). The highest BCUT2D eigenvalue weighted by Crippen LogP contribution is 2.34. The van der Waals surface area contributed by atoms with Crippen LogP contribution in [0.1, 0.15) is 33.9 Å². The van der Waals surface area contributed by atoms with Crippen LogP contribution in [0.3, 0.4) is 0 Å². The Hall–Kier alpha value is -2.22. The fraction of sp³-hybridized carbons (Fsp3) is 0.429. The van der Waals surface area contributed by atoms with E-state index in [1.54, 1.807) is 24.6 Å². The van der Waals surface area contributed by atoms with Crippen LogP contribution in [-0.2, 0) is 17.7 Å². The van der Waals surface area contributed by atoms with E-state index >= 15 is 0 Å². The van der Waals surface area contributed by atoms with E-state index in [2.05, 4.69) is 38.4 Å². The van der Waals surface area contributed by atoms with E-state index in [9.17, 15) is 4.79 Å². The Morgan fingerprint density at radius 1 is 1.43 bits per heavy atom. The number of ether oxygens (including phenoxy) is 1. The molecule has 148 valence electrons. The van der Waals surface area contributed by atoms with Crippen LogP contribution in [-0.4, -0.2) is 53.6 Å². The molecule has 28 heavy (non-hydrogen) atoms. The number of methoxy groups -OCH3 is 1. The maximum atomic E-state index is 12.8. The lowest BCUT2D eigenvalue weighted by molar-refractivity contribution is 0.0940. The summed E-state index contributed by atoms with van der Waals surface area (Å²) in [5.41, 5.74) is 1.17. The number of imidazole rings is 1. The average Bonchev–Trinajstić information content (AvgIpc) is 3.44. The van der Waals surface area contributed by atoms with Crippen LogP contribution in [0.2, 0.25) is 0 Å². The number of fused-ring (bicyclic) bond motifs is 1. The molecule has 0 aliphatic carbocycles. The highest BCUT2D eigenvalue weighted by Gasteiger charge is 2.28. The molecule has 1 atom stereocenters. The highest BCUT2D eigenvalue weighted by molar-refractivity contribution is 7.21. The smallest absolute Gasteiger partial charge is 0.261 e. The number of rotatable bonds is 8. The molecular formula is C21H26N4O2S. The van der Waals surface area contributed by atoms with E-state index in [-0.39, 0.29) is 5.91 Å². The van der Waals surface area contributed by atoms with Crippen molar-refractivity contribution in [2.45, 2.75) is 31.8 Å². The van der Waals surface area contributed by atoms with Crippen LogP contribution >= 0.6 is 11.3 Å². The normalized spacial score (nSPS) is 17.4. The zero-order valence-corrected chi connectivity index (χ0v) is 16.9. The Morgan fingerprint density at radius 2 is 2.32 bits per heavy atom. The van der Waals surface area contributed by atoms with Crippen molar-refractivity contribution in [3.63, 3.8) is 0 Å². The molecule has 1 unspecified atom stereocenters. The van der Waals surface area contributed by atoms with Gasteiger partial charge in [0.05, 0.1) is 18.0 Å². The third-order valence-electron chi connectivity index (χ3n) is 5.34. The van der Waals surface area contributed by atoms with Crippen LogP contribution < -0.4 is 5.32 Å². The van der Waals surface area contributed by atoms with Gasteiger partial charge in [0, 0.05) is 36.8 Å². The third-order valence-corrected chi connectivity index (χ3v) is 6.55. The Labute approximate surface area is 168 Å². The molecule has 0 bridgehead atoms. The molecule has 2 aromatic heterocycles. The molecule has 0 radical (unpaired) electrons. The van der Waals surface area contributed by atoms with E-state index in [1.807, 2.05) is 12.3 Å². The molecule has 1 aliphatic heterocycles. The fourth-order valence-electron chi connectivity index (χ4n) is 3.98. The van der Waals surface area contributed by atoms with Crippen LogP contribution in [0.5, 0.6) is 0 Å². The number of H-pyrrole nitrogens is 1. The Kier molecular flexibility index (Phi) is 6.04. The van der Waals surface area contributed by atoms with Gasteiger partial charge in [0.1, 0.15) is 5.82 Å². The number of amides is 1. The van der Waals surface area contributed by atoms with Gasteiger partial charge >= 0.3 is 0 Å². The molecule has 7 heteroatoms. The van der Waals surface area contributed by atoms with Crippen molar-refractivity contribution in [2.24, 2.45) is 0 Å². The van der Waals surface area contributed by atoms with Crippen molar-refractivity contribution in [1.82, 2.24) is 20.2 Å². The molecule has 1 fully saturated rings. The summed E-state index contributed by atoms with van der Waals surface area (Å²) in [7, 11) is 1.64. The fourth-order valence-corrected chi connectivity index (χ4v) is 5.13. The highest BCUT2D eigenvalue weighted by atomic mass is 32.1. The minimum absolute atomic E-state index is 0.00355. The van der Waals surface area contributed by atoms with Crippen molar-refractivity contribution in [1.29, 1.82) is 0 Å². The molecule has 2 N–H and O–H groups in total. The lowest BCUT2D eigenvalue weighted by Gasteiger charge is -2.24. The standard InChI is InChI=1S/C21H26N4O2S/c1-27-12-10-24-21(26)20-17(16-6-2-3-7-18(16)28-20)13-15-5-4-11-25(15)14-19-22-8-9-23-19/h2-3,6-9,15H,4-5,10-14H2,1H3,(H,22,23)(H,24,26). The number of aromatic amines is 1. The number of thiophene rings is 1. The maximum absolute atomic E-state index is 12.8. The van der Waals surface area contributed by atoms with Crippen LogP contribution in [0.4, 0.5) is 0 Å². The van der Waals surface area contributed by atoms with Crippen LogP contribution in [0.25, 0.3) is 10.1 Å². The second-order valence-corrected chi connectivity index (χ2v) is 8.21. The number of benzene rings is 1. The van der Waals surface area contributed by atoms with E-state index in [4.69, 9.17) is 4.74 Å². The van der Waals surface area contributed by atoms with E-state index in [0.29, 0.717) is 19.2 Å². The minimum Gasteiger partial charge on any atom is -0.383 e. The second-order valence-electron chi connectivity index (χ2n) is 7.16. The maximum Gasteiger partial charge on any atom is 0.261 e. The van der Waals surface area contributed by atoms with Gasteiger partial charge < -0.3 is 15.0 Å². The van der Waals surface area contributed by atoms with Gasteiger partial charge in [-0.25, -0.2) is 4.98 Å². The average molecular weight is 399 g/mol. The van der Waals surface area contributed by atoms with Gasteiger partial charge in [-0.15, -0.1) is 11.3 Å². The van der Waals surface area contributed by atoms with Crippen molar-refractivity contribution >= 4 is 27.3 Å². The molecule has 0 spiro atoms. The summed E-state index contributed by atoms with van der Waals surface area (Å²) in [6.07, 6.45) is 6.89. The molecule has 0 saturated carbocycles. The van der Waals surface area contributed by atoms with Crippen molar-refractivity contribution in [2.75, 3.05) is 26.8 Å².